The molecule has 0 saturated carbocycles. The smallest absolute Gasteiger partial charge is 0.223 e. The van der Waals surface area contributed by atoms with E-state index in [-0.39, 0.29) is 11.9 Å². The van der Waals surface area contributed by atoms with Crippen LogP contribution in [0.1, 0.15) is 54.5 Å². The number of imidazole rings is 1. The van der Waals surface area contributed by atoms with E-state index in [0.717, 1.165) is 59.6 Å². The first-order valence-corrected chi connectivity index (χ1v) is 9.38. The number of benzene rings is 1. The summed E-state index contributed by atoms with van der Waals surface area (Å²) in [6.45, 7) is 4.87. The van der Waals surface area contributed by atoms with Gasteiger partial charge in [0, 0.05) is 25.1 Å². The van der Waals surface area contributed by atoms with Crippen molar-refractivity contribution in [3.05, 3.63) is 47.0 Å². The van der Waals surface area contributed by atoms with Gasteiger partial charge in [-0.1, -0.05) is 12.1 Å². The van der Waals surface area contributed by atoms with E-state index in [9.17, 15) is 4.79 Å². The molecule has 1 amide bonds. The Morgan fingerprint density at radius 2 is 2.12 bits per heavy atom. The van der Waals surface area contributed by atoms with Gasteiger partial charge in [0.2, 0.25) is 5.91 Å². The van der Waals surface area contributed by atoms with Crippen LogP contribution in [0.4, 0.5) is 0 Å². The lowest BCUT2D eigenvalue weighted by atomic mass is 10.0. The highest BCUT2D eigenvalue weighted by molar-refractivity contribution is 5.78. The van der Waals surface area contributed by atoms with Crippen molar-refractivity contribution in [2.24, 2.45) is 0 Å². The number of aromatic amines is 2. The first-order chi connectivity index (χ1) is 12.6. The molecule has 0 radical (unpaired) electrons. The maximum absolute atomic E-state index is 12.9. The van der Waals surface area contributed by atoms with Crippen LogP contribution in [-0.2, 0) is 11.2 Å². The number of rotatable bonds is 4. The number of piperidine rings is 1. The minimum Gasteiger partial charge on any atom is -0.340 e. The number of carbonyl (C=O) groups excluding carboxylic acids is 1. The van der Waals surface area contributed by atoms with E-state index >= 15 is 0 Å². The fraction of sp³-hybridized carbons (Fsp3) is 0.450. The third-order valence-electron chi connectivity index (χ3n) is 5.48. The third-order valence-corrected chi connectivity index (χ3v) is 5.48. The molecule has 0 unspecified atom stereocenters. The quantitative estimate of drug-likeness (QED) is 0.754. The fourth-order valence-corrected chi connectivity index (χ4v) is 3.79. The molecule has 1 aliphatic rings. The summed E-state index contributed by atoms with van der Waals surface area (Å²) in [5.41, 5.74) is 5.22. The number of likely N-dealkylation sites (tertiary alicyclic amines) is 1. The number of aryl methyl sites for hydroxylation is 2. The van der Waals surface area contributed by atoms with Crippen LogP contribution in [0.3, 0.4) is 0 Å². The van der Waals surface area contributed by atoms with Gasteiger partial charge in [0.1, 0.15) is 5.82 Å². The van der Waals surface area contributed by atoms with Crippen molar-refractivity contribution in [3.8, 4) is 0 Å². The molecule has 3 aromatic rings. The standard InChI is InChI=1S/C20H25N5O/c1-13-14(2)23-24-15(13)10-11-19(26)25-12-6-5-9-18(25)20-21-16-7-3-4-8-17(16)22-20/h3-4,7-8,18H,5-6,9-12H2,1-2H3,(H,21,22)(H,23,24)/t18-/m0/s1. The van der Waals surface area contributed by atoms with E-state index in [1.165, 1.54) is 0 Å². The van der Waals surface area contributed by atoms with Crippen molar-refractivity contribution in [3.63, 3.8) is 0 Å². The lowest BCUT2D eigenvalue weighted by Crippen LogP contribution is -2.39. The normalized spacial score (nSPS) is 17.8. The molecule has 1 aliphatic heterocycles. The van der Waals surface area contributed by atoms with Crippen LogP contribution in [0.2, 0.25) is 0 Å². The van der Waals surface area contributed by atoms with Gasteiger partial charge in [-0.3, -0.25) is 9.89 Å². The number of nitrogens with one attached hydrogen (secondary N) is 2. The van der Waals surface area contributed by atoms with Gasteiger partial charge in [-0.05, 0) is 50.8 Å². The monoisotopic (exact) mass is 351 g/mol. The van der Waals surface area contributed by atoms with Crippen LogP contribution in [-0.4, -0.2) is 37.5 Å². The van der Waals surface area contributed by atoms with E-state index in [2.05, 4.69) is 22.1 Å². The van der Waals surface area contributed by atoms with Crippen LogP contribution in [0.25, 0.3) is 11.0 Å². The minimum atomic E-state index is 0.0469. The summed E-state index contributed by atoms with van der Waals surface area (Å²) in [5.74, 6) is 1.10. The molecule has 1 atom stereocenters. The Morgan fingerprint density at radius 1 is 1.27 bits per heavy atom. The van der Waals surface area contributed by atoms with Crippen molar-refractivity contribution in [2.75, 3.05) is 6.54 Å². The first kappa shape index (κ1) is 16.8. The molecule has 0 aliphatic carbocycles. The maximum atomic E-state index is 12.9. The Kier molecular flexibility index (Phi) is 4.49. The molecule has 6 heteroatoms. The molecular formula is C20H25N5O. The highest BCUT2D eigenvalue weighted by atomic mass is 16.2. The van der Waals surface area contributed by atoms with Crippen molar-refractivity contribution in [2.45, 2.75) is 52.0 Å². The zero-order valence-corrected chi connectivity index (χ0v) is 15.4. The lowest BCUT2D eigenvalue weighted by molar-refractivity contribution is -0.135. The molecule has 136 valence electrons. The molecule has 0 bridgehead atoms. The molecule has 3 heterocycles. The Balaban J connectivity index is 1.51. The molecule has 2 aromatic heterocycles. The summed E-state index contributed by atoms with van der Waals surface area (Å²) in [6.07, 6.45) is 4.32. The Labute approximate surface area is 153 Å². The summed E-state index contributed by atoms with van der Waals surface area (Å²) >= 11 is 0. The summed E-state index contributed by atoms with van der Waals surface area (Å²) < 4.78 is 0. The van der Waals surface area contributed by atoms with Crippen LogP contribution < -0.4 is 0 Å². The number of para-hydroxylation sites is 2. The van der Waals surface area contributed by atoms with Crippen LogP contribution >= 0.6 is 0 Å². The molecule has 2 N–H and O–H groups in total. The number of nitrogens with zero attached hydrogens (tertiary/aromatic N) is 3. The Bertz CT molecular complexity index is 892. The summed E-state index contributed by atoms with van der Waals surface area (Å²) in [4.78, 5) is 23.1. The Morgan fingerprint density at radius 3 is 2.88 bits per heavy atom. The highest BCUT2D eigenvalue weighted by Gasteiger charge is 2.30. The number of fused-ring (bicyclic) bond motifs is 1. The number of amides is 1. The zero-order valence-electron chi connectivity index (χ0n) is 15.4. The summed E-state index contributed by atoms with van der Waals surface area (Å²) in [7, 11) is 0. The Hall–Kier alpha value is -2.63. The van der Waals surface area contributed by atoms with Crippen LogP contribution in [0.15, 0.2) is 24.3 Å². The maximum Gasteiger partial charge on any atom is 0.223 e. The molecule has 6 nitrogen and oxygen atoms in total. The van der Waals surface area contributed by atoms with Gasteiger partial charge in [0.15, 0.2) is 0 Å². The fourth-order valence-electron chi connectivity index (χ4n) is 3.79. The molecule has 4 rings (SSSR count). The SMILES string of the molecule is Cc1[nH]nc(CCC(=O)N2CCCC[C@H]2c2nc3ccccc3[nH]2)c1C. The number of aromatic nitrogens is 4. The predicted molar refractivity (Wildman–Crippen MR) is 101 cm³/mol. The van der Waals surface area contributed by atoms with E-state index in [4.69, 9.17) is 4.98 Å². The second kappa shape index (κ2) is 6.94. The number of carbonyl (C=O) groups is 1. The van der Waals surface area contributed by atoms with Gasteiger partial charge in [0.05, 0.1) is 22.8 Å². The van der Waals surface area contributed by atoms with Gasteiger partial charge < -0.3 is 9.88 Å². The van der Waals surface area contributed by atoms with Crippen molar-refractivity contribution in [1.29, 1.82) is 0 Å². The molecule has 26 heavy (non-hydrogen) atoms. The average Bonchev–Trinajstić information content (AvgIpc) is 3.24. The molecule has 1 fully saturated rings. The van der Waals surface area contributed by atoms with E-state index in [1.54, 1.807) is 0 Å². The van der Waals surface area contributed by atoms with Crippen molar-refractivity contribution in [1.82, 2.24) is 25.1 Å². The van der Waals surface area contributed by atoms with E-state index in [1.807, 2.05) is 36.1 Å². The van der Waals surface area contributed by atoms with E-state index < -0.39 is 0 Å². The summed E-state index contributed by atoms with van der Waals surface area (Å²) in [6, 6.07) is 8.08. The van der Waals surface area contributed by atoms with Crippen molar-refractivity contribution < 1.29 is 4.79 Å². The first-order valence-electron chi connectivity index (χ1n) is 9.38. The van der Waals surface area contributed by atoms with Gasteiger partial charge in [-0.2, -0.15) is 5.10 Å². The molecular weight excluding hydrogens is 326 g/mol. The highest BCUT2D eigenvalue weighted by Crippen LogP contribution is 2.31. The van der Waals surface area contributed by atoms with Crippen LogP contribution in [0.5, 0.6) is 0 Å². The van der Waals surface area contributed by atoms with Gasteiger partial charge in [0.25, 0.3) is 0 Å². The van der Waals surface area contributed by atoms with E-state index in [0.29, 0.717) is 12.8 Å². The van der Waals surface area contributed by atoms with Crippen molar-refractivity contribution >= 4 is 16.9 Å². The summed E-state index contributed by atoms with van der Waals surface area (Å²) in [5, 5.41) is 7.32. The lowest BCUT2D eigenvalue weighted by Gasteiger charge is -2.34. The second-order valence-corrected chi connectivity index (χ2v) is 7.16. The number of H-pyrrole nitrogens is 2. The third kappa shape index (κ3) is 3.11. The predicted octanol–water partition coefficient (Wildman–Crippen LogP) is 3.59. The molecule has 1 saturated heterocycles. The average molecular weight is 351 g/mol. The van der Waals surface area contributed by atoms with Gasteiger partial charge >= 0.3 is 0 Å². The van der Waals surface area contributed by atoms with Gasteiger partial charge in [-0.25, -0.2) is 4.98 Å². The van der Waals surface area contributed by atoms with Gasteiger partial charge in [-0.15, -0.1) is 0 Å². The molecule has 0 spiro atoms. The number of hydrogen-bond acceptors (Lipinski definition) is 3. The molecule has 1 aromatic carbocycles. The largest absolute Gasteiger partial charge is 0.340 e. The second-order valence-electron chi connectivity index (χ2n) is 7.16. The zero-order chi connectivity index (χ0) is 18.1. The minimum absolute atomic E-state index is 0.0469. The van der Waals surface area contributed by atoms with Crippen LogP contribution in [0, 0.1) is 13.8 Å². The topological polar surface area (TPSA) is 77.7 Å². The number of hydrogen-bond donors (Lipinski definition) is 2.